The highest BCUT2D eigenvalue weighted by molar-refractivity contribution is 9.10. The lowest BCUT2D eigenvalue weighted by atomic mass is 10.1. The molecule has 1 aliphatic heterocycles. The number of hydrogen-bond acceptors (Lipinski definition) is 5. The molecule has 1 heterocycles. The molecule has 2 aromatic rings. The molecule has 0 N–H and O–H groups in total. The van der Waals surface area contributed by atoms with E-state index in [-0.39, 0.29) is 22.4 Å². The van der Waals surface area contributed by atoms with Crippen molar-refractivity contribution in [3.63, 3.8) is 0 Å². The lowest BCUT2D eigenvalue weighted by Crippen LogP contribution is -2.29. The minimum Gasteiger partial charge on any atom is -0.494 e. The van der Waals surface area contributed by atoms with Crippen molar-refractivity contribution in [1.29, 1.82) is 0 Å². The molecule has 0 aromatic heterocycles. The highest BCUT2D eigenvalue weighted by Crippen LogP contribution is 2.30. The second-order valence-electron chi connectivity index (χ2n) is 6.64. The first-order chi connectivity index (χ1) is 13.2. The zero-order valence-corrected chi connectivity index (χ0v) is 18.0. The van der Waals surface area contributed by atoms with Crippen molar-refractivity contribution in [3.8, 4) is 5.75 Å². The smallest absolute Gasteiger partial charge is 0.285 e. The molecule has 0 spiro atoms. The number of benzene rings is 2. The van der Waals surface area contributed by atoms with Gasteiger partial charge in [-0.05, 0) is 41.8 Å². The van der Waals surface area contributed by atoms with Gasteiger partial charge in [-0.25, -0.2) is 9.40 Å². The van der Waals surface area contributed by atoms with Gasteiger partial charge < -0.3 is 4.74 Å². The molecular formula is C19H19BrFN3O3S. The maximum absolute atomic E-state index is 13.6. The van der Waals surface area contributed by atoms with Gasteiger partial charge in [0, 0.05) is 16.6 Å². The van der Waals surface area contributed by atoms with E-state index in [1.54, 1.807) is 23.2 Å². The van der Waals surface area contributed by atoms with Crippen LogP contribution < -0.4 is 4.74 Å². The molecule has 0 bridgehead atoms. The van der Waals surface area contributed by atoms with Crippen LogP contribution in [-0.2, 0) is 10.0 Å². The summed E-state index contributed by atoms with van der Waals surface area (Å²) in [5.74, 6) is 0.0926. The first-order valence-electron chi connectivity index (χ1n) is 8.51. The molecule has 0 saturated carbocycles. The quantitative estimate of drug-likeness (QED) is 0.491. The molecule has 148 valence electrons. The van der Waals surface area contributed by atoms with E-state index in [4.69, 9.17) is 4.74 Å². The Morgan fingerprint density at radius 2 is 2.04 bits per heavy atom. The van der Waals surface area contributed by atoms with Crippen LogP contribution in [0.4, 0.5) is 4.39 Å². The lowest BCUT2D eigenvalue weighted by molar-refractivity contribution is 0.384. The van der Waals surface area contributed by atoms with Crippen LogP contribution in [0.1, 0.15) is 25.0 Å². The predicted octanol–water partition coefficient (Wildman–Crippen LogP) is 4.04. The Labute approximate surface area is 171 Å². The summed E-state index contributed by atoms with van der Waals surface area (Å²) < 4.78 is 48.1. The minimum absolute atomic E-state index is 0.106. The van der Waals surface area contributed by atoms with Crippen molar-refractivity contribution in [2.75, 3.05) is 13.7 Å². The Bertz CT molecular complexity index is 1070. The third-order valence-corrected chi connectivity index (χ3v) is 5.79. The topological polar surface area (TPSA) is 71.3 Å². The van der Waals surface area contributed by atoms with E-state index in [2.05, 4.69) is 25.4 Å². The molecule has 0 fully saturated rings. The Balaban J connectivity index is 2.01. The maximum Gasteiger partial charge on any atom is 0.285 e. The van der Waals surface area contributed by atoms with Gasteiger partial charge in [0.05, 0.1) is 13.3 Å². The molecule has 0 amide bonds. The van der Waals surface area contributed by atoms with Crippen LogP contribution in [0.2, 0.25) is 0 Å². The van der Waals surface area contributed by atoms with E-state index >= 15 is 0 Å². The number of ether oxygens (including phenoxy) is 1. The zero-order valence-electron chi connectivity index (χ0n) is 15.6. The number of fused-ring (bicyclic) bond motifs is 1. The number of amidine groups is 1. The molecule has 0 aliphatic carbocycles. The van der Waals surface area contributed by atoms with Gasteiger partial charge in [0.15, 0.2) is 17.4 Å². The van der Waals surface area contributed by atoms with Crippen LogP contribution in [0.25, 0.3) is 0 Å². The van der Waals surface area contributed by atoms with Crippen LogP contribution in [0.15, 0.2) is 55.3 Å². The minimum atomic E-state index is -3.77. The normalized spacial score (nSPS) is 15.0. The average Bonchev–Trinajstić information content (AvgIpc) is 2.89. The second kappa shape index (κ2) is 8.00. The summed E-state index contributed by atoms with van der Waals surface area (Å²) in [4.78, 5) is 0.151. The van der Waals surface area contributed by atoms with Crippen molar-refractivity contribution in [1.82, 2.24) is 5.01 Å². The van der Waals surface area contributed by atoms with Crippen molar-refractivity contribution in [3.05, 3.63) is 57.8 Å². The Morgan fingerprint density at radius 1 is 1.29 bits per heavy atom. The molecule has 0 saturated heterocycles. The molecule has 9 heteroatoms. The molecular weight excluding hydrogens is 449 g/mol. The predicted molar refractivity (Wildman–Crippen MR) is 110 cm³/mol. The Morgan fingerprint density at radius 3 is 2.71 bits per heavy atom. The number of hydrazone groups is 1. The summed E-state index contributed by atoms with van der Waals surface area (Å²) in [5.41, 5.74) is 1.10. The second-order valence-corrected chi connectivity index (χ2v) is 9.13. The van der Waals surface area contributed by atoms with Crippen LogP contribution in [0, 0.1) is 11.7 Å². The number of halogens is 2. The summed E-state index contributed by atoms with van der Waals surface area (Å²) in [7, 11) is -2.38. The average molecular weight is 468 g/mol. The van der Waals surface area contributed by atoms with E-state index in [0.717, 1.165) is 4.47 Å². The van der Waals surface area contributed by atoms with Crippen molar-refractivity contribution in [2.45, 2.75) is 18.7 Å². The van der Waals surface area contributed by atoms with E-state index in [1.807, 2.05) is 13.8 Å². The summed E-state index contributed by atoms with van der Waals surface area (Å²) in [6.45, 7) is 4.44. The van der Waals surface area contributed by atoms with Gasteiger partial charge in [0.25, 0.3) is 10.0 Å². The van der Waals surface area contributed by atoms with Crippen molar-refractivity contribution in [2.24, 2.45) is 15.4 Å². The van der Waals surface area contributed by atoms with E-state index < -0.39 is 15.8 Å². The largest absolute Gasteiger partial charge is 0.494 e. The van der Waals surface area contributed by atoms with E-state index in [0.29, 0.717) is 17.7 Å². The first kappa shape index (κ1) is 20.5. The van der Waals surface area contributed by atoms with Gasteiger partial charge in [-0.1, -0.05) is 35.8 Å². The molecule has 28 heavy (non-hydrogen) atoms. The van der Waals surface area contributed by atoms with Crippen LogP contribution in [0.5, 0.6) is 5.75 Å². The molecule has 3 rings (SSSR count). The lowest BCUT2D eigenvalue weighted by Gasteiger charge is -2.21. The highest BCUT2D eigenvalue weighted by Gasteiger charge is 2.32. The van der Waals surface area contributed by atoms with Crippen LogP contribution >= 0.6 is 15.9 Å². The number of sulfonamides is 1. The molecule has 0 atom stereocenters. The van der Waals surface area contributed by atoms with Crippen molar-refractivity contribution >= 4 is 38.0 Å². The van der Waals surface area contributed by atoms with Gasteiger partial charge in [0.2, 0.25) is 0 Å². The maximum atomic E-state index is 13.6. The van der Waals surface area contributed by atoms with Gasteiger partial charge in [0.1, 0.15) is 4.90 Å². The van der Waals surface area contributed by atoms with Gasteiger partial charge in [-0.15, -0.1) is 4.40 Å². The fraction of sp³-hybridized carbons (Fsp3) is 0.263. The van der Waals surface area contributed by atoms with Gasteiger partial charge in [-0.2, -0.15) is 13.5 Å². The summed E-state index contributed by atoms with van der Waals surface area (Å²) >= 11 is 3.37. The van der Waals surface area contributed by atoms with E-state index in [1.165, 1.54) is 31.5 Å². The fourth-order valence-corrected chi connectivity index (χ4v) is 4.28. The third-order valence-electron chi connectivity index (χ3n) is 3.97. The standard InChI is InChI=1S/C19H19BrFN3O3S/c1-12(2)11-24(22-10-13-4-6-16(21)17(8-13)27-3)19-15-9-14(20)5-7-18(15)28(25,26)23-19/h4-10,12H,11H2,1-3H3/b22-10+. The van der Waals surface area contributed by atoms with E-state index in [9.17, 15) is 12.8 Å². The Kier molecular flexibility index (Phi) is 5.85. The number of hydrogen-bond donors (Lipinski definition) is 0. The number of rotatable bonds is 5. The molecule has 1 aliphatic rings. The molecule has 2 aromatic carbocycles. The van der Waals surface area contributed by atoms with Crippen LogP contribution in [0.3, 0.4) is 0 Å². The van der Waals surface area contributed by atoms with Gasteiger partial charge in [-0.3, -0.25) is 0 Å². The van der Waals surface area contributed by atoms with Gasteiger partial charge >= 0.3 is 0 Å². The monoisotopic (exact) mass is 467 g/mol. The van der Waals surface area contributed by atoms with Crippen LogP contribution in [-0.4, -0.2) is 39.1 Å². The number of methoxy groups -OCH3 is 1. The molecule has 0 radical (unpaired) electrons. The first-order valence-corrected chi connectivity index (χ1v) is 10.7. The summed E-state index contributed by atoms with van der Waals surface area (Å²) in [6, 6.07) is 9.26. The summed E-state index contributed by atoms with van der Waals surface area (Å²) in [5, 5.41) is 5.99. The fourth-order valence-electron chi connectivity index (χ4n) is 2.73. The Hall–Kier alpha value is -2.26. The molecule has 0 unspecified atom stereocenters. The highest BCUT2D eigenvalue weighted by atomic mass is 79.9. The zero-order chi connectivity index (χ0) is 20.5. The SMILES string of the molecule is COc1cc(/C=N/N(CC(C)C)C2=NS(=O)(=O)c3ccc(Br)cc32)ccc1F. The number of nitrogens with zero attached hydrogens (tertiary/aromatic N) is 3. The molecule has 6 nitrogen and oxygen atoms in total. The third kappa shape index (κ3) is 4.25. The van der Waals surface area contributed by atoms with Crippen molar-refractivity contribution < 1.29 is 17.5 Å². The summed E-state index contributed by atoms with van der Waals surface area (Å²) in [6.07, 6.45) is 1.52.